The zero-order valence-corrected chi connectivity index (χ0v) is 13.0. The van der Waals surface area contributed by atoms with Crippen LogP contribution in [0.5, 0.6) is 0 Å². The maximum Gasteiger partial charge on any atom is 0.232 e. The molecule has 2 N–H and O–H groups in total. The number of hydrogen-bond donors (Lipinski definition) is 1. The molecule has 1 aromatic rings. The maximum absolute atomic E-state index is 5.94. The van der Waals surface area contributed by atoms with E-state index < -0.39 is 0 Å². The molecular formula is C15H26N6. The highest BCUT2D eigenvalue weighted by Crippen LogP contribution is 2.31. The Hall–Kier alpha value is -1.59. The fourth-order valence-corrected chi connectivity index (χ4v) is 2.89. The fourth-order valence-electron chi connectivity index (χ4n) is 2.89. The molecule has 0 bridgehead atoms. The molecule has 6 nitrogen and oxygen atoms in total. The normalized spacial score (nSPS) is 18.8. The molecule has 0 radical (unpaired) electrons. The van der Waals surface area contributed by atoms with E-state index in [0.29, 0.717) is 12.0 Å². The smallest absolute Gasteiger partial charge is 0.232 e. The second-order valence-corrected chi connectivity index (χ2v) is 6.12. The molecule has 1 aliphatic heterocycles. The van der Waals surface area contributed by atoms with Crippen molar-refractivity contribution in [2.45, 2.75) is 57.9 Å². The first-order valence-corrected chi connectivity index (χ1v) is 8.31. The molecule has 0 aromatic carbocycles. The van der Waals surface area contributed by atoms with Crippen LogP contribution in [-0.4, -0.2) is 40.6 Å². The highest BCUT2D eigenvalue weighted by molar-refractivity contribution is 5.45. The van der Waals surface area contributed by atoms with Crippen LogP contribution in [0.15, 0.2) is 0 Å². The molecule has 1 saturated carbocycles. The summed E-state index contributed by atoms with van der Waals surface area (Å²) in [6.45, 7) is 5.29. The van der Waals surface area contributed by atoms with Crippen molar-refractivity contribution >= 4 is 17.8 Å². The SMILES string of the molecule is CCCCN(c1nc(N)nc(N2CCCCC2)n1)C1CC1. The summed E-state index contributed by atoms with van der Waals surface area (Å²) in [6, 6.07) is 0.604. The molecule has 2 heterocycles. The second-order valence-electron chi connectivity index (χ2n) is 6.12. The van der Waals surface area contributed by atoms with Crippen molar-refractivity contribution in [3.63, 3.8) is 0 Å². The zero-order chi connectivity index (χ0) is 14.7. The third kappa shape index (κ3) is 3.54. The predicted molar refractivity (Wildman–Crippen MR) is 85.6 cm³/mol. The van der Waals surface area contributed by atoms with Gasteiger partial charge in [0, 0.05) is 25.7 Å². The molecule has 0 atom stereocenters. The van der Waals surface area contributed by atoms with Crippen molar-refractivity contribution in [1.82, 2.24) is 15.0 Å². The van der Waals surface area contributed by atoms with Gasteiger partial charge in [0.05, 0.1) is 0 Å². The van der Waals surface area contributed by atoms with Gasteiger partial charge in [0.15, 0.2) is 0 Å². The first-order valence-electron chi connectivity index (χ1n) is 8.31. The van der Waals surface area contributed by atoms with Crippen LogP contribution in [0.2, 0.25) is 0 Å². The number of nitrogens with zero attached hydrogens (tertiary/aromatic N) is 5. The average molecular weight is 290 g/mol. The van der Waals surface area contributed by atoms with Gasteiger partial charge < -0.3 is 15.5 Å². The first-order chi connectivity index (χ1) is 10.3. The van der Waals surface area contributed by atoms with E-state index in [-0.39, 0.29) is 0 Å². The Bertz CT molecular complexity index is 467. The van der Waals surface area contributed by atoms with Crippen molar-refractivity contribution in [3.05, 3.63) is 0 Å². The van der Waals surface area contributed by atoms with Crippen LogP contribution in [-0.2, 0) is 0 Å². The van der Waals surface area contributed by atoms with E-state index in [2.05, 4.69) is 26.7 Å². The minimum absolute atomic E-state index is 0.350. The van der Waals surface area contributed by atoms with Gasteiger partial charge in [-0.25, -0.2) is 0 Å². The second kappa shape index (κ2) is 6.45. The molecule has 1 aliphatic carbocycles. The van der Waals surface area contributed by atoms with Gasteiger partial charge in [-0.05, 0) is 38.5 Å². The van der Waals surface area contributed by atoms with Gasteiger partial charge in [-0.2, -0.15) is 15.0 Å². The largest absolute Gasteiger partial charge is 0.368 e. The number of anilines is 3. The molecule has 2 aliphatic rings. The fraction of sp³-hybridized carbons (Fsp3) is 0.800. The highest BCUT2D eigenvalue weighted by atomic mass is 15.4. The number of nitrogen functional groups attached to an aromatic ring is 1. The maximum atomic E-state index is 5.94. The van der Waals surface area contributed by atoms with Crippen LogP contribution in [0.1, 0.15) is 51.9 Å². The number of nitrogens with two attached hydrogens (primary N) is 1. The Morgan fingerprint density at radius 3 is 2.57 bits per heavy atom. The molecular weight excluding hydrogens is 264 g/mol. The van der Waals surface area contributed by atoms with Crippen molar-refractivity contribution in [1.29, 1.82) is 0 Å². The van der Waals surface area contributed by atoms with Crippen LogP contribution in [0.25, 0.3) is 0 Å². The number of aromatic nitrogens is 3. The summed E-state index contributed by atoms with van der Waals surface area (Å²) in [5.74, 6) is 1.89. The highest BCUT2D eigenvalue weighted by Gasteiger charge is 2.31. The van der Waals surface area contributed by atoms with Gasteiger partial charge in [0.1, 0.15) is 0 Å². The molecule has 3 rings (SSSR count). The summed E-state index contributed by atoms with van der Waals surface area (Å²) >= 11 is 0. The minimum Gasteiger partial charge on any atom is -0.368 e. The standard InChI is InChI=1S/C15H26N6/c1-2-3-11-21(12-7-8-12)15-18-13(16)17-14(19-15)20-9-5-4-6-10-20/h12H,2-11H2,1H3,(H2,16,17,18,19). The topological polar surface area (TPSA) is 71.2 Å². The van der Waals surface area contributed by atoms with E-state index in [1.807, 2.05) is 0 Å². The van der Waals surface area contributed by atoms with Crippen LogP contribution < -0.4 is 15.5 Å². The van der Waals surface area contributed by atoms with Crippen molar-refractivity contribution < 1.29 is 0 Å². The minimum atomic E-state index is 0.350. The Labute approximate surface area is 126 Å². The van der Waals surface area contributed by atoms with Gasteiger partial charge in [-0.15, -0.1) is 0 Å². The summed E-state index contributed by atoms with van der Waals surface area (Å²) in [4.78, 5) is 18.0. The van der Waals surface area contributed by atoms with Gasteiger partial charge in [0.2, 0.25) is 17.8 Å². The number of unbranched alkanes of at least 4 members (excludes halogenated alkanes) is 1. The Morgan fingerprint density at radius 2 is 1.90 bits per heavy atom. The summed E-state index contributed by atoms with van der Waals surface area (Å²) in [6.07, 6.45) is 8.56. The summed E-state index contributed by atoms with van der Waals surface area (Å²) in [5.41, 5.74) is 5.94. The molecule has 0 unspecified atom stereocenters. The van der Waals surface area contributed by atoms with Crippen LogP contribution >= 0.6 is 0 Å². The lowest BCUT2D eigenvalue weighted by Crippen LogP contribution is -2.33. The third-order valence-corrected chi connectivity index (χ3v) is 4.27. The van der Waals surface area contributed by atoms with E-state index in [4.69, 9.17) is 10.7 Å². The zero-order valence-electron chi connectivity index (χ0n) is 13.0. The average Bonchev–Trinajstić information content (AvgIpc) is 3.33. The molecule has 6 heteroatoms. The lowest BCUT2D eigenvalue weighted by Gasteiger charge is -2.28. The summed E-state index contributed by atoms with van der Waals surface area (Å²) in [7, 11) is 0. The molecule has 2 fully saturated rings. The van der Waals surface area contributed by atoms with Gasteiger partial charge in [-0.3, -0.25) is 0 Å². The van der Waals surface area contributed by atoms with Crippen molar-refractivity contribution in [2.75, 3.05) is 35.2 Å². The molecule has 116 valence electrons. The van der Waals surface area contributed by atoms with Crippen LogP contribution in [0, 0.1) is 0 Å². The number of rotatable bonds is 6. The molecule has 1 aromatic heterocycles. The first kappa shape index (κ1) is 14.4. The lowest BCUT2D eigenvalue weighted by atomic mass is 10.1. The van der Waals surface area contributed by atoms with Gasteiger partial charge >= 0.3 is 0 Å². The number of piperidine rings is 1. The Balaban J connectivity index is 1.81. The monoisotopic (exact) mass is 290 g/mol. The molecule has 21 heavy (non-hydrogen) atoms. The number of hydrogen-bond acceptors (Lipinski definition) is 6. The molecule has 1 saturated heterocycles. The molecule has 0 spiro atoms. The van der Waals surface area contributed by atoms with E-state index in [1.165, 1.54) is 44.9 Å². The quantitative estimate of drug-likeness (QED) is 0.866. The third-order valence-electron chi connectivity index (χ3n) is 4.27. The predicted octanol–water partition coefficient (Wildman–Crippen LogP) is 2.21. The van der Waals surface area contributed by atoms with Crippen molar-refractivity contribution in [2.24, 2.45) is 0 Å². The van der Waals surface area contributed by atoms with Crippen LogP contribution in [0.3, 0.4) is 0 Å². The van der Waals surface area contributed by atoms with Gasteiger partial charge in [-0.1, -0.05) is 13.3 Å². The van der Waals surface area contributed by atoms with Crippen LogP contribution in [0.4, 0.5) is 17.8 Å². The van der Waals surface area contributed by atoms with Crippen molar-refractivity contribution in [3.8, 4) is 0 Å². The van der Waals surface area contributed by atoms with Gasteiger partial charge in [0.25, 0.3) is 0 Å². The summed E-state index contributed by atoms with van der Waals surface area (Å²) in [5, 5.41) is 0. The summed E-state index contributed by atoms with van der Waals surface area (Å²) < 4.78 is 0. The van der Waals surface area contributed by atoms with E-state index in [9.17, 15) is 0 Å². The Morgan fingerprint density at radius 1 is 1.14 bits per heavy atom. The Kier molecular flexibility index (Phi) is 4.41. The van der Waals surface area contributed by atoms with E-state index in [1.54, 1.807) is 0 Å². The lowest BCUT2D eigenvalue weighted by molar-refractivity contribution is 0.566. The van der Waals surface area contributed by atoms with E-state index >= 15 is 0 Å². The molecule has 0 amide bonds. The van der Waals surface area contributed by atoms with E-state index in [0.717, 1.165) is 31.5 Å².